The van der Waals surface area contributed by atoms with E-state index < -0.39 is 0 Å². The van der Waals surface area contributed by atoms with E-state index in [1.54, 1.807) is 11.0 Å². The maximum Gasteiger partial charge on any atom is 0.264 e. The van der Waals surface area contributed by atoms with Crippen LogP contribution in [0.1, 0.15) is 23.5 Å². The number of carbonyl (C=O) groups excluding carboxylic acids is 1. The zero-order chi connectivity index (χ0) is 13.9. The SMILES string of the molecule is CC(C)N(CC(N)=NO)C(=O)c1cc(Br)c(Br)s1. The van der Waals surface area contributed by atoms with Crippen molar-refractivity contribution >= 4 is 54.9 Å². The highest BCUT2D eigenvalue weighted by Gasteiger charge is 2.22. The van der Waals surface area contributed by atoms with Gasteiger partial charge in [-0.25, -0.2) is 0 Å². The highest BCUT2D eigenvalue weighted by molar-refractivity contribution is 9.13. The lowest BCUT2D eigenvalue weighted by molar-refractivity contribution is 0.0739. The molecule has 3 N–H and O–H groups in total. The standard InChI is InChI=1S/C10H13Br2N3O2S/c1-5(2)15(4-8(13)14-17)10(16)7-3-6(11)9(12)18-7/h3,5,17H,4H2,1-2H3,(H2,13,14). The number of nitrogens with two attached hydrogens (primary N) is 1. The highest BCUT2D eigenvalue weighted by Crippen LogP contribution is 2.33. The highest BCUT2D eigenvalue weighted by atomic mass is 79.9. The number of hydrogen-bond donors (Lipinski definition) is 2. The van der Waals surface area contributed by atoms with Gasteiger partial charge in [-0.3, -0.25) is 4.79 Å². The van der Waals surface area contributed by atoms with Crippen molar-refractivity contribution < 1.29 is 10.0 Å². The minimum atomic E-state index is -0.145. The van der Waals surface area contributed by atoms with Crippen LogP contribution in [0.25, 0.3) is 0 Å². The van der Waals surface area contributed by atoms with Crippen LogP contribution in [0.2, 0.25) is 0 Å². The van der Waals surface area contributed by atoms with Crippen LogP contribution >= 0.6 is 43.2 Å². The number of halogens is 2. The van der Waals surface area contributed by atoms with Crippen molar-refractivity contribution in [3.63, 3.8) is 0 Å². The molecule has 0 aliphatic heterocycles. The zero-order valence-electron chi connectivity index (χ0n) is 9.85. The van der Waals surface area contributed by atoms with Crippen molar-refractivity contribution in [2.45, 2.75) is 19.9 Å². The monoisotopic (exact) mass is 397 g/mol. The molecule has 0 spiro atoms. The molecule has 0 unspecified atom stereocenters. The van der Waals surface area contributed by atoms with Gasteiger partial charge in [-0.05, 0) is 51.8 Å². The van der Waals surface area contributed by atoms with Gasteiger partial charge >= 0.3 is 0 Å². The Bertz CT molecular complexity index is 454. The van der Waals surface area contributed by atoms with Crippen LogP contribution in [0, 0.1) is 0 Å². The smallest absolute Gasteiger partial charge is 0.264 e. The minimum Gasteiger partial charge on any atom is -0.409 e. The van der Waals surface area contributed by atoms with Crippen LogP contribution < -0.4 is 5.73 Å². The van der Waals surface area contributed by atoms with E-state index >= 15 is 0 Å². The van der Waals surface area contributed by atoms with Gasteiger partial charge in [-0.1, -0.05) is 5.16 Å². The van der Waals surface area contributed by atoms with E-state index in [1.807, 2.05) is 13.8 Å². The van der Waals surface area contributed by atoms with Crippen molar-refractivity contribution in [1.29, 1.82) is 0 Å². The van der Waals surface area contributed by atoms with E-state index in [0.29, 0.717) is 4.88 Å². The normalized spacial score (nSPS) is 11.9. The predicted molar refractivity (Wildman–Crippen MR) is 79.3 cm³/mol. The van der Waals surface area contributed by atoms with E-state index in [4.69, 9.17) is 10.9 Å². The number of amides is 1. The first-order chi connectivity index (χ1) is 8.36. The first-order valence-corrected chi connectivity index (χ1v) is 7.49. The van der Waals surface area contributed by atoms with Crippen molar-refractivity contribution in [1.82, 2.24) is 4.90 Å². The molecule has 0 bridgehead atoms. The summed E-state index contributed by atoms with van der Waals surface area (Å²) in [5.41, 5.74) is 5.45. The van der Waals surface area contributed by atoms with Crippen LogP contribution in [-0.2, 0) is 0 Å². The molecular weight excluding hydrogens is 386 g/mol. The average Bonchev–Trinajstić information content (AvgIpc) is 2.65. The van der Waals surface area contributed by atoms with Gasteiger partial charge in [0.25, 0.3) is 5.91 Å². The largest absolute Gasteiger partial charge is 0.409 e. The molecule has 1 aromatic rings. The van der Waals surface area contributed by atoms with Crippen LogP contribution in [-0.4, -0.2) is 34.4 Å². The molecule has 0 fully saturated rings. The summed E-state index contributed by atoms with van der Waals surface area (Å²) >= 11 is 8.03. The lowest BCUT2D eigenvalue weighted by Crippen LogP contribution is -2.42. The average molecular weight is 399 g/mol. The van der Waals surface area contributed by atoms with Gasteiger partial charge in [0.15, 0.2) is 5.84 Å². The molecular formula is C10H13Br2N3O2S. The Labute approximate surface area is 126 Å². The van der Waals surface area contributed by atoms with E-state index in [9.17, 15) is 4.79 Å². The van der Waals surface area contributed by atoms with Crippen LogP contribution in [0.5, 0.6) is 0 Å². The fraction of sp³-hybridized carbons (Fsp3) is 0.400. The predicted octanol–water partition coefficient (Wildman–Crippen LogP) is 2.87. The molecule has 0 saturated heterocycles. The van der Waals surface area contributed by atoms with Crippen LogP contribution in [0.4, 0.5) is 0 Å². The van der Waals surface area contributed by atoms with E-state index in [1.165, 1.54) is 11.3 Å². The van der Waals surface area contributed by atoms with Crippen LogP contribution in [0.15, 0.2) is 19.5 Å². The summed E-state index contributed by atoms with van der Waals surface area (Å²) in [6, 6.07) is 1.70. The maximum atomic E-state index is 12.3. The summed E-state index contributed by atoms with van der Waals surface area (Å²) in [6.45, 7) is 3.85. The van der Waals surface area contributed by atoms with Crippen molar-refractivity contribution in [3.8, 4) is 0 Å². The summed E-state index contributed by atoms with van der Waals surface area (Å²) in [5, 5.41) is 11.5. The van der Waals surface area contributed by atoms with E-state index in [0.717, 1.165) is 8.26 Å². The molecule has 0 aliphatic carbocycles. The van der Waals surface area contributed by atoms with Gasteiger partial charge in [0.05, 0.1) is 15.2 Å². The molecule has 1 heterocycles. The molecule has 100 valence electrons. The van der Waals surface area contributed by atoms with Gasteiger partial charge in [0.2, 0.25) is 0 Å². The number of carbonyl (C=O) groups is 1. The molecule has 8 heteroatoms. The Hall–Kier alpha value is -0.600. The third-order valence-corrected chi connectivity index (χ3v) is 5.45. The third kappa shape index (κ3) is 3.69. The lowest BCUT2D eigenvalue weighted by Gasteiger charge is -2.25. The third-order valence-electron chi connectivity index (χ3n) is 2.20. The van der Waals surface area contributed by atoms with Crippen molar-refractivity contribution in [2.75, 3.05) is 6.54 Å². The topological polar surface area (TPSA) is 78.9 Å². The Kier molecular flexibility index (Phi) is 5.61. The van der Waals surface area contributed by atoms with Gasteiger partial charge in [-0.15, -0.1) is 11.3 Å². The summed E-state index contributed by atoms with van der Waals surface area (Å²) in [7, 11) is 0. The van der Waals surface area contributed by atoms with Crippen LogP contribution in [0.3, 0.4) is 0 Å². The number of nitrogens with zero attached hydrogens (tertiary/aromatic N) is 2. The van der Waals surface area contributed by atoms with E-state index in [2.05, 4.69) is 37.0 Å². The molecule has 0 atom stereocenters. The number of hydrogen-bond acceptors (Lipinski definition) is 4. The van der Waals surface area contributed by atoms with Crippen molar-refractivity contribution in [2.24, 2.45) is 10.9 Å². The fourth-order valence-corrected chi connectivity index (χ4v) is 3.28. The zero-order valence-corrected chi connectivity index (χ0v) is 13.8. The Balaban J connectivity index is 2.96. The van der Waals surface area contributed by atoms with Crippen molar-refractivity contribution in [3.05, 3.63) is 19.2 Å². The minimum absolute atomic E-state index is 0.00624. The molecule has 1 amide bonds. The van der Waals surface area contributed by atoms with Gasteiger partial charge < -0.3 is 15.8 Å². The Morgan fingerprint density at radius 1 is 1.61 bits per heavy atom. The van der Waals surface area contributed by atoms with Gasteiger partial charge in [-0.2, -0.15) is 0 Å². The van der Waals surface area contributed by atoms with E-state index in [-0.39, 0.29) is 24.3 Å². The Morgan fingerprint density at radius 3 is 2.61 bits per heavy atom. The number of oxime groups is 1. The first-order valence-electron chi connectivity index (χ1n) is 5.09. The molecule has 0 saturated carbocycles. The molecule has 0 aromatic carbocycles. The first kappa shape index (κ1) is 15.5. The quantitative estimate of drug-likeness (QED) is 0.354. The fourth-order valence-electron chi connectivity index (χ4n) is 1.29. The lowest BCUT2D eigenvalue weighted by atomic mass is 10.3. The number of amidine groups is 1. The second kappa shape index (κ2) is 6.53. The molecule has 5 nitrogen and oxygen atoms in total. The molecule has 0 aliphatic rings. The summed E-state index contributed by atoms with van der Waals surface area (Å²) < 4.78 is 1.70. The summed E-state index contributed by atoms with van der Waals surface area (Å²) in [4.78, 5) is 14.4. The second-order valence-electron chi connectivity index (χ2n) is 3.85. The second-order valence-corrected chi connectivity index (χ2v) is 7.07. The Morgan fingerprint density at radius 2 is 2.22 bits per heavy atom. The molecule has 0 radical (unpaired) electrons. The maximum absolute atomic E-state index is 12.3. The molecule has 1 aromatic heterocycles. The number of rotatable bonds is 4. The summed E-state index contributed by atoms with van der Waals surface area (Å²) in [5.74, 6) is -0.139. The van der Waals surface area contributed by atoms with Gasteiger partial charge in [0.1, 0.15) is 0 Å². The van der Waals surface area contributed by atoms with Gasteiger partial charge in [0, 0.05) is 10.5 Å². The molecule has 1 rings (SSSR count). The molecule has 18 heavy (non-hydrogen) atoms. The number of thiophene rings is 1. The summed E-state index contributed by atoms with van der Waals surface area (Å²) in [6.07, 6.45) is 0.